The maximum atomic E-state index is 2.48. The topological polar surface area (TPSA) is 0 Å². The van der Waals surface area contributed by atoms with Crippen molar-refractivity contribution in [2.45, 2.75) is 47.0 Å². The lowest BCUT2D eigenvalue weighted by atomic mass is 9.65. The normalized spacial score (nSPS) is 35.9. The molecule has 84 valence electrons. The summed E-state index contributed by atoms with van der Waals surface area (Å²) in [4.78, 5) is 0. The predicted octanol–water partition coefficient (Wildman–Crippen LogP) is 4.58. The Hall–Kier alpha value is -0.520. The van der Waals surface area contributed by atoms with E-state index in [2.05, 4.69) is 39.8 Å². The molecule has 0 aromatic heterocycles. The highest BCUT2D eigenvalue weighted by Gasteiger charge is 2.34. The van der Waals surface area contributed by atoms with E-state index < -0.39 is 0 Å². The summed E-state index contributed by atoms with van der Waals surface area (Å²) in [5, 5.41) is 0. The zero-order chi connectivity index (χ0) is 11.0. The molecule has 2 aliphatic carbocycles. The summed E-state index contributed by atoms with van der Waals surface area (Å²) in [5.74, 6) is 3.43. The van der Waals surface area contributed by atoms with Crippen LogP contribution in [0.25, 0.3) is 0 Å². The van der Waals surface area contributed by atoms with Crippen molar-refractivity contribution in [2.24, 2.45) is 23.7 Å². The minimum absolute atomic E-state index is 0.817. The summed E-state index contributed by atoms with van der Waals surface area (Å²) in [6.07, 6.45) is 9.04. The van der Waals surface area contributed by atoms with E-state index in [0.717, 1.165) is 23.7 Å². The first-order chi connectivity index (χ1) is 7.09. The van der Waals surface area contributed by atoms with Gasteiger partial charge in [-0.25, -0.2) is 0 Å². The summed E-state index contributed by atoms with van der Waals surface area (Å²) >= 11 is 0. The molecule has 15 heavy (non-hydrogen) atoms. The van der Waals surface area contributed by atoms with Crippen LogP contribution in [0.5, 0.6) is 0 Å². The van der Waals surface area contributed by atoms with Crippen molar-refractivity contribution in [3.8, 4) is 0 Å². The third kappa shape index (κ3) is 2.04. The Morgan fingerprint density at radius 1 is 1.27 bits per heavy atom. The summed E-state index contributed by atoms with van der Waals surface area (Å²) in [7, 11) is 0. The Morgan fingerprint density at radius 3 is 2.67 bits per heavy atom. The molecule has 0 bridgehead atoms. The first kappa shape index (κ1) is 11.0. The molecule has 0 N–H and O–H groups in total. The van der Waals surface area contributed by atoms with Crippen molar-refractivity contribution in [3.63, 3.8) is 0 Å². The van der Waals surface area contributed by atoms with Crippen LogP contribution >= 0.6 is 0 Å². The van der Waals surface area contributed by atoms with Crippen LogP contribution in [0.1, 0.15) is 47.0 Å². The summed E-state index contributed by atoms with van der Waals surface area (Å²) in [5.41, 5.74) is 3.25. The molecular weight excluding hydrogens is 180 g/mol. The Kier molecular flexibility index (Phi) is 3.04. The molecule has 0 nitrogen and oxygen atoms in total. The van der Waals surface area contributed by atoms with Crippen LogP contribution in [-0.4, -0.2) is 0 Å². The van der Waals surface area contributed by atoms with Gasteiger partial charge in [-0.1, -0.05) is 44.1 Å². The molecule has 0 spiro atoms. The summed E-state index contributed by atoms with van der Waals surface area (Å²) in [6, 6.07) is 0. The van der Waals surface area contributed by atoms with E-state index in [9.17, 15) is 0 Å². The van der Waals surface area contributed by atoms with Crippen molar-refractivity contribution in [3.05, 3.63) is 23.3 Å². The van der Waals surface area contributed by atoms with Crippen molar-refractivity contribution in [1.82, 2.24) is 0 Å². The van der Waals surface area contributed by atoms with Crippen LogP contribution in [-0.2, 0) is 0 Å². The average Bonchev–Trinajstić information content (AvgIpc) is 2.17. The SMILES string of the molecule is CC1=CC[C@@H]2C(=C1)[C@@H](C(C)C)CC[C@H]2C. The van der Waals surface area contributed by atoms with Gasteiger partial charge in [-0.15, -0.1) is 0 Å². The standard InChI is InChI=1S/C15H24/c1-10(2)13-8-6-12(4)14-7-5-11(3)9-15(13)14/h5,9-10,12-14H,6-8H2,1-4H3/t12-,13-,14+/m1/s1. The monoisotopic (exact) mass is 204 g/mol. The Labute approximate surface area is 94.5 Å². The van der Waals surface area contributed by atoms with E-state index in [1.165, 1.54) is 24.8 Å². The maximum Gasteiger partial charge on any atom is -0.0137 e. The van der Waals surface area contributed by atoms with E-state index in [-0.39, 0.29) is 0 Å². The van der Waals surface area contributed by atoms with Crippen LogP contribution in [0.15, 0.2) is 23.3 Å². The van der Waals surface area contributed by atoms with Gasteiger partial charge in [-0.3, -0.25) is 0 Å². The smallest absolute Gasteiger partial charge is 0.0137 e. The second kappa shape index (κ2) is 4.15. The zero-order valence-corrected chi connectivity index (χ0v) is 10.6. The zero-order valence-electron chi connectivity index (χ0n) is 10.6. The summed E-state index contributed by atoms with van der Waals surface area (Å²) in [6.45, 7) is 9.45. The van der Waals surface area contributed by atoms with E-state index in [0.29, 0.717) is 0 Å². The highest BCUT2D eigenvalue weighted by molar-refractivity contribution is 5.31. The number of fused-ring (bicyclic) bond motifs is 1. The van der Waals surface area contributed by atoms with Crippen LogP contribution in [0.4, 0.5) is 0 Å². The molecule has 1 fully saturated rings. The third-order valence-electron chi connectivity index (χ3n) is 4.37. The van der Waals surface area contributed by atoms with Crippen molar-refractivity contribution in [1.29, 1.82) is 0 Å². The van der Waals surface area contributed by atoms with Crippen LogP contribution in [0.2, 0.25) is 0 Å². The second-order valence-corrected chi connectivity index (χ2v) is 5.84. The van der Waals surface area contributed by atoms with Gasteiger partial charge < -0.3 is 0 Å². The van der Waals surface area contributed by atoms with Gasteiger partial charge in [-0.2, -0.15) is 0 Å². The van der Waals surface area contributed by atoms with Crippen molar-refractivity contribution < 1.29 is 0 Å². The van der Waals surface area contributed by atoms with E-state index >= 15 is 0 Å². The first-order valence-electron chi connectivity index (χ1n) is 6.48. The highest BCUT2D eigenvalue weighted by atomic mass is 14.4. The molecule has 0 unspecified atom stereocenters. The van der Waals surface area contributed by atoms with Crippen LogP contribution in [0.3, 0.4) is 0 Å². The lowest BCUT2D eigenvalue weighted by molar-refractivity contribution is 0.236. The minimum Gasteiger partial charge on any atom is -0.0810 e. The Bertz CT molecular complexity index is 293. The van der Waals surface area contributed by atoms with E-state index in [1.54, 1.807) is 5.57 Å². The molecule has 2 rings (SSSR count). The fraction of sp³-hybridized carbons (Fsp3) is 0.733. The predicted molar refractivity (Wildman–Crippen MR) is 66.7 cm³/mol. The van der Waals surface area contributed by atoms with Gasteiger partial charge in [0.15, 0.2) is 0 Å². The van der Waals surface area contributed by atoms with Gasteiger partial charge in [0.05, 0.1) is 0 Å². The molecule has 0 heteroatoms. The van der Waals surface area contributed by atoms with Gasteiger partial charge in [0.25, 0.3) is 0 Å². The number of rotatable bonds is 1. The second-order valence-electron chi connectivity index (χ2n) is 5.84. The number of hydrogen-bond donors (Lipinski definition) is 0. The number of hydrogen-bond acceptors (Lipinski definition) is 0. The maximum absolute atomic E-state index is 2.48. The molecular formula is C15H24. The lowest BCUT2D eigenvalue weighted by Gasteiger charge is -2.40. The van der Waals surface area contributed by atoms with Gasteiger partial charge in [0, 0.05) is 0 Å². The molecule has 0 aliphatic heterocycles. The van der Waals surface area contributed by atoms with Gasteiger partial charge in [-0.05, 0) is 49.9 Å². The molecule has 0 aromatic carbocycles. The first-order valence-corrected chi connectivity index (χ1v) is 6.48. The quantitative estimate of drug-likeness (QED) is 0.586. The van der Waals surface area contributed by atoms with Crippen molar-refractivity contribution in [2.75, 3.05) is 0 Å². The van der Waals surface area contributed by atoms with E-state index in [4.69, 9.17) is 0 Å². The van der Waals surface area contributed by atoms with Gasteiger partial charge >= 0.3 is 0 Å². The largest absolute Gasteiger partial charge is 0.0810 e. The molecule has 1 saturated carbocycles. The van der Waals surface area contributed by atoms with Crippen molar-refractivity contribution >= 4 is 0 Å². The third-order valence-corrected chi connectivity index (χ3v) is 4.37. The molecule has 0 heterocycles. The number of allylic oxidation sites excluding steroid dienone is 4. The average molecular weight is 204 g/mol. The summed E-state index contributed by atoms with van der Waals surface area (Å²) < 4.78 is 0. The lowest BCUT2D eigenvalue weighted by Crippen LogP contribution is -2.30. The van der Waals surface area contributed by atoms with Gasteiger partial charge in [0.1, 0.15) is 0 Å². The molecule has 0 saturated heterocycles. The molecule has 0 amide bonds. The fourth-order valence-electron chi connectivity index (χ4n) is 3.35. The molecule has 3 atom stereocenters. The Morgan fingerprint density at radius 2 is 2.00 bits per heavy atom. The fourth-order valence-corrected chi connectivity index (χ4v) is 3.35. The molecule has 2 aliphatic rings. The highest BCUT2D eigenvalue weighted by Crippen LogP contribution is 2.45. The Balaban J connectivity index is 2.28. The van der Waals surface area contributed by atoms with E-state index in [1.807, 2.05) is 0 Å². The molecule has 0 aromatic rings. The molecule has 0 radical (unpaired) electrons. The minimum atomic E-state index is 0.817. The van der Waals surface area contributed by atoms with Gasteiger partial charge in [0.2, 0.25) is 0 Å². The van der Waals surface area contributed by atoms with Crippen LogP contribution in [0, 0.1) is 23.7 Å². The van der Waals surface area contributed by atoms with Crippen LogP contribution < -0.4 is 0 Å².